The van der Waals surface area contributed by atoms with Crippen molar-refractivity contribution >= 4 is 27.7 Å². The van der Waals surface area contributed by atoms with Gasteiger partial charge in [-0.1, -0.05) is 42.4 Å². The molecule has 0 heterocycles. The van der Waals surface area contributed by atoms with E-state index in [4.69, 9.17) is 9.47 Å². The summed E-state index contributed by atoms with van der Waals surface area (Å²) in [4.78, 5) is 11.1. The topological polar surface area (TPSA) is 47.6 Å². The first-order valence-electron chi connectivity index (χ1n) is 5.16. The molecule has 0 saturated carbocycles. The summed E-state index contributed by atoms with van der Waals surface area (Å²) in [6.45, 7) is 7.89. The Morgan fingerprint density at radius 2 is 2.00 bits per heavy atom. The lowest BCUT2D eigenvalue weighted by Crippen LogP contribution is -2.28. The van der Waals surface area contributed by atoms with Crippen molar-refractivity contribution in [1.82, 2.24) is 5.32 Å². The third-order valence-electron chi connectivity index (χ3n) is 1.28. The zero-order valence-corrected chi connectivity index (χ0v) is 12.0. The van der Waals surface area contributed by atoms with Crippen LogP contribution < -0.4 is 5.32 Å². The van der Waals surface area contributed by atoms with Crippen LogP contribution in [0.4, 0.5) is 4.79 Å². The van der Waals surface area contributed by atoms with E-state index in [1.165, 1.54) is 0 Å². The molecule has 0 saturated heterocycles. The van der Waals surface area contributed by atoms with Crippen LogP contribution >= 0.6 is 21.6 Å². The number of hydrogen-bond acceptors (Lipinski definition) is 5. The van der Waals surface area contributed by atoms with Gasteiger partial charge in [-0.05, 0) is 0 Å². The van der Waals surface area contributed by atoms with Crippen molar-refractivity contribution in [2.75, 3.05) is 32.6 Å². The van der Waals surface area contributed by atoms with Gasteiger partial charge in [0.25, 0.3) is 0 Å². The van der Waals surface area contributed by atoms with Crippen LogP contribution in [-0.2, 0) is 9.47 Å². The number of carbonyl (C=O) groups excluding carboxylic acids is 1. The number of ether oxygens (including phenoxy) is 2. The maximum Gasteiger partial charge on any atom is 0.407 e. The van der Waals surface area contributed by atoms with E-state index in [9.17, 15) is 4.79 Å². The molecule has 6 heteroatoms. The van der Waals surface area contributed by atoms with Crippen molar-refractivity contribution in [1.29, 1.82) is 0 Å². The smallest absolute Gasteiger partial charge is 0.407 e. The van der Waals surface area contributed by atoms with Gasteiger partial charge in [-0.15, -0.1) is 0 Å². The molecule has 0 aliphatic heterocycles. The summed E-state index contributed by atoms with van der Waals surface area (Å²) in [6, 6.07) is 0. The van der Waals surface area contributed by atoms with Gasteiger partial charge in [-0.25, -0.2) is 4.79 Å². The van der Waals surface area contributed by atoms with Crippen LogP contribution in [0.2, 0.25) is 0 Å². The molecule has 0 aromatic carbocycles. The Labute approximate surface area is 106 Å². The molecule has 4 nitrogen and oxygen atoms in total. The van der Waals surface area contributed by atoms with Crippen LogP contribution in [0, 0.1) is 0 Å². The lowest BCUT2D eigenvalue weighted by Gasteiger charge is -2.16. The Kier molecular flexibility index (Phi) is 8.97. The van der Waals surface area contributed by atoms with Crippen LogP contribution in [-0.4, -0.2) is 43.5 Å². The van der Waals surface area contributed by atoms with E-state index in [1.807, 2.05) is 0 Å². The SMILES string of the molecule is COCCNC(=O)OCCSSC(C)(C)C. The average molecular weight is 267 g/mol. The molecule has 0 aliphatic carbocycles. The molecule has 16 heavy (non-hydrogen) atoms. The minimum Gasteiger partial charge on any atom is -0.449 e. The molecule has 1 N–H and O–H groups in total. The molecule has 0 unspecified atom stereocenters. The largest absolute Gasteiger partial charge is 0.449 e. The fourth-order valence-electron chi connectivity index (χ4n) is 0.693. The number of methoxy groups -OCH3 is 1. The standard InChI is InChI=1S/C10H21NO3S2/c1-10(2,3)16-15-8-7-14-9(12)11-5-6-13-4/h5-8H2,1-4H3,(H,11,12). The third kappa shape index (κ3) is 12.0. The van der Waals surface area contributed by atoms with Crippen molar-refractivity contribution < 1.29 is 14.3 Å². The summed E-state index contributed by atoms with van der Waals surface area (Å²) in [5.41, 5.74) is 0. The van der Waals surface area contributed by atoms with E-state index in [0.29, 0.717) is 19.8 Å². The van der Waals surface area contributed by atoms with Gasteiger partial charge in [0.1, 0.15) is 6.61 Å². The molecule has 0 rings (SSSR count). The normalized spacial score (nSPS) is 11.2. The van der Waals surface area contributed by atoms with Gasteiger partial charge in [0.05, 0.1) is 6.61 Å². The van der Waals surface area contributed by atoms with Gasteiger partial charge in [-0.2, -0.15) is 0 Å². The van der Waals surface area contributed by atoms with E-state index in [-0.39, 0.29) is 10.8 Å². The van der Waals surface area contributed by atoms with Gasteiger partial charge in [0.2, 0.25) is 0 Å². The van der Waals surface area contributed by atoms with Crippen molar-refractivity contribution in [3.8, 4) is 0 Å². The predicted octanol–water partition coefficient (Wildman–Crippen LogP) is 2.54. The molecule has 96 valence electrons. The van der Waals surface area contributed by atoms with E-state index >= 15 is 0 Å². The number of amides is 1. The maximum absolute atomic E-state index is 11.1. The number of nitrogens with one attached hydrogen (secondary N) is 1. The molecule has 0 aliphatic rings. The molecular weight excluding hydrogens is 246 g/mol. The molecule has 0 radical (unpaired) electrons. The van der Waals surface area contributed by atoms with Crippen molar-refractivity contribution in [2.45, 2.75) is 25.5 Å². The van der Waals surface area contributed by atoms with E-state index in [1.54, 1.807) is 28.7 Å². The highest BCUT2D eigenvalue weighted by atomic mass is 33.1. The Morgan fingerprint density at radius 1 is 1.31 bits per heavy atom. The minimum atomic E-state index is -0.376. The predicted molar refractivity (Wildman–Crippen MR) is 71.0 cm³/mol. The second-order valence-electron chi connectivity index (χ2n) is 4.07. The average Bonchev–Trinajstić information content (AvgIpc) is 2.16. The fraction of sp³-hybridized carbons (Fsp3) is 0.900. The second kappa shape index (κ2) is 9.01. The zero-order chi connectivity index (χ0) is 12.4. The molecule has 0 spiro atoms. The molecule has 0 atom stereocenters. The van der Waals surface area contributed by atoms with E-state index in [2.05, 4.69) is 26.1 Å². The summed E-state index contributed by atoms with van der Waals surface area (Å²) in [5, 5.41) is 2.59. The summed E-state index contributed by atoms with van der Waals surface area (Å²) in [6.07, 6.45) is -0.376. The molecular formula is C10H21NO3S2. The summed E-state index contributed by atoms with van der Waals surface area (Å²) in [7, 11) is 5.10. The zero-order valence-electron chi connectivity index (χ0n) is 10.4. The Bertz CT molecular complexity index is 195. The van der Waals surface area contributed by atoms with Gasteiger partial charge in [0, 0.05) is 24.2 Å². The Hall–Kier alpha value is -0.0700. The number of alkyl carbamates (subject to hydrolysis) is 1. The Balaban J connectivity index is 3.28. The van der Waals surface area contributed by atoms with Crippen molar-refractivity contribution in [3.63, 3.8) is 0 Å². The summed E-state index contributed by atoms with van der Waals surface area (Å²) < 4.78 is 10.0. The van der Waals surface area contributed by atoms with Gasteiger partial charge in [0.15, 0.2) is 0 Å². The molecule has 1 amide bonds. The molecule has 0 aromatic rings. The minimum absolute atomic E-state index is 0.241. The first-order valence-corrected chi connectivity index (χ1v) is 7.48. The second-order valence-corrected chi connectivity index (χ2v) is 7.32. The van der Waals surface area contributed by atoms with Crippen molar-refractivity contribution in [2.24, 2.45) is 0 Å². The van der Waals surface area contributed by atoms with Crippen LogP contribution in [0.3, 0.4) is 0 Å². The fourth-order valence-corrected chi connectivity index (χ4v) is 2.80. The number of hydrogen-bond donors (Lipinski definition) is 1. The van der Waals surface area contributed by atoms with Crippen LogP contribution in [0.5, 0.6) is 0 Å². The van der Waals surface area contributed by atoms with Gasteiger partial charge < -0.3 is 14.8 Å². The highest BCUT2D eigenvalue weighted by Gasteiger charge is 2.10. The van der Waals surface area contributed by atoms with E-state index < -0.39 is 0 Å². The first kappa shape index (κ1) is 15.9. The Morgan fingerprint density at radius 3 is 2.56 bits per heavy atom. The van der Waals surface area contributed by atoms with Crippen LogP contribution in [0.1, 0.15) is 20.8 Å². The van der Waals surface area contributed by atoms with E-state index in [0.717, 1.165) is 5.75 Å². The monoisotopic (exact) mass is 267 g/mol. The first-order chi connectivity index (χ1) is 7.45. The van der Waals surface area contributed by atoms with Crippen LogP contribution in [0.15, 0.2) is 0 Å². The highest BCUT2D eigenvalue weighted by molar-refractivity contribution is 8.77. The lowest BCUT2D eigenvalue weighted by atomic mass is 10.3. The quantitative estimate of drug-likeness (QED) is 0.567. The number of carbonyl (C=O) groups is 1. The summed E-state index contributed by atoms with van der Waals surface area (Å²) >= 11 is 0. The molecule has 0 bridgehead atoms. The number of rotatable bonds is 7. The third-order valence-corrected chi connectivity index (χ3v) is 4.59. The maximum atomic E-state index is 11.1. The molecule has 0 aromatic heterocycles. The van der Waals surface area contributed by atoms with Gasteiger partial charge >= 0.3 is 6.09 Å². The highest BCUT2D eigenvalue weighted by Crippen LogP contribution is 2.34. The summed E-state index contributed by atoms with van der Waals surface area (Å²) in [5.74, 6) is 0.805. The molecule has 0 fully saturated rings. The van der Waals surface area contributed by atoms with Crippen LogP contribution in [0.25, 0.3) is 0 Å². The lowest BCUT2D eigenvalue weighted by molar-refractivity contribution is 0.145. The van der Waals surface area contributed by atoms with Crippen molar-refractivity contribution in [3.05, 3.63) is 0 Å². The van der Waals surface area contributed by atoms with Gasteiger partial charge in [-0.3, -0.25) is 0 Å².